The van der Waals surface area contributed by atoms with Crippen LogP contribution in [0.1, 0.15) is 17.1 Å². The van der Waals surface area contributed by atoms with Gasteiger partial charge in [0.1, 0.15) is 11.5 Å². The first kappa shape index (κ1) is 10.1. The third-order valence-corrected chi connectivity index (χ3v) is 2.32. The molecule has 80 valence electrons. The van der Waals surface area contributed by atoms with Crippen molar-refractivity contribution < 1.29 is 4.42 Å². The van der Waals surface area contributed by atoms with Crippen LogP contribution < -0.4 is 5.32 Å². The van der Waals surface area contributed by atoms with Crippen LogP contribution in [0.15, 0.2) is 35.0 Å². The molecule has 0 aliphatic rings. The molecule has 1 N–H and O–H groups in total. The van der Waals surface area contributed by atoms with E-state index in [1.165, 1.54) is 5.56 Å². The van der Waals surface area contributed by atoms with Crippen molar-refractivity contribution in [3.63, 3.8) is 0 Å². The van der Waals surface area contributed by atoms with Crippen molar-refractivity contribution in [1.82, 2.24) is 9.88 Å². The van der Waals surface area contributed by atoms with Crippen LogP contribution in [0.25, 0.3) is 0 Å². The lowest BCUT2D eigenvalue weighted by molar-refractivity contribution is 0.461. The van der Waals surface area contributed by atoms with E-state index < -0.39 is 0 Å². The summed E-state index contributed by atoms with van der Waals surface area (Å²) in [5.74, 6) is 1.95. The quantitative estimate of drug-likeness (QED) is 0.827. The van der Waals surface area contributed by atoms with Gasteiger partial charge in [0.2, 0.25) is 0 Å². The highest BCUT2D eigenvalue weighted by Gasteiger charge is 1.98. The Morgan fingerprint density at radius 2 is 2.13 bits per heavy atom. The molecule has 3 nitrogen and oxygen atoms in total. The molecule has 0 radical (unpaired) electrons. The van der Waals surface area contributed by atoms with Crippen molar-refractivity contribution in [3.8, 4) is 0 Å². The Hall–Kier alpha value is -1.48. The van der Waals surface area contributed by atoms with Crippen molar-refractivity contribution in [2.45, 2.75) is 20.0 Å². The topological polar surface area (TPSA) is 30.1 Å². The number of rotatable bonds is 4. The summed E-state index contributed by atoms with van der Waals surface area (Å²) >= 11 is 0. The van der Waals surface area contributed by atoms with Gasteiger partial charge in [-0.15, -0.1) is 0 Å². The summed E-state index contributed by atoms with van der Waals surface area (Å²) in [5.41, 5.74) is 1.29. The number of aromatic nitrogens is 1. The van der Waals surface area contributed by atoms with Gasteiger partial charge in [0.15, 0.2) is 0 Å². The second kappa shape index (κ2) is 4.36. The first-order valence-electron chi connectivity index (χ1n) is 5.11. The van der Waals surface area contributed by atoms with Crippen molar-refractivity contribution in [2.75, 3.05) is 0 Å². The Morgan fingerprint density at radius 1 is 1.27 bits per heavy atom. The largest absolute Gasteiger partial charge is 0.465 e. The molecule has 3 heteroatoms. The van der Waals surface area contributed by atoms with E-state index in [2.05, 4.69) is 17.6 Å². The van der Waals surface area contributed by atoms with Crippen LogP contribution in [-0.2, 0) is 20.1 Å². The highest BCUT2D eigenvalue weighted by Crippen LogP contribution is 2.06. The molecule has 0 fully saturated rings. The molecule has 0 bridgehead atoms. The summed E-state index contributed by atoms with van der Waals surface area (Å²) in [6, 6.07) is 6.10. The van der Waals surface area contributed by atoms with Gasteiger partial charge in [0, 0.05) is 26.0 Å². The van der Waals surface area contributed by atoms with Gasteiger partial charge in [-0.3, -0.25) is 0 Å². The van der Waals surface area contributed by atoms with Gasteiger partial charge in [-0.2, -0.15) is 0 Å². The fourth-order valence-electron chi connectivity index (χ4n) is 1.58. The van der Waals surface area contributed by atoms with Gasteiger partial charge >= 0.3 is 0 Å². The standard InChI is InChI=1S/C12H16N2O/c1-10-3-4-12(15-10)8-13-7-11-5-6-14(2)9-11/h3-6,9,13H,7-8H2,1-2H3. The van der Waals surface area contributed by atoms with E-state index >= 15 is 0 Å². The summed E-state index contributed by atoms with van der Waals surface area (Å²) < 4.78 is 7.51. The molecule has 0 atom stereocenters. The second-order valence-corrected chi connectivity index (χ2v) is 3.80. The summed E-state index contributed by atoms with van der Waals surface area (Å²) in [5, 5.41) is 3.34. The number of aryl methyl sites for hydroxylation is 2. The average Bonchev–Trinajstić information content (AvgIpc) is 2.76. The number of nitrogens with one attached hydrogen (secondary N) is 1. The Kier molecular flexibility index (Phi) is 2.92. The summed E-state index contributed by atoms with van der Waals surface area (Å²) in [4.78, 5) is 0. The Morgan fingerprint density at radius 3 is 2.73 bits per heavy atom. The number of furan rings is 1. The van der Waals surface area contributed by atoms with Gasteiger partial charge < -0.3 is 14.3 Å². The highest BCUT2D eigenvalue weighted by molar-refractivity contribution is 5.10. The third-order valence-electron chi connectivity index (χ3n) is 2.32. The Labute approximate surface area is 89.7 Å². The van der Waals surface area contributed by atoms with Crippen LogP contribution in [0.3, 0.4) is 0 Å². The van der Waals surface area contributed by atoms with Crippen LogP contribution in [0.4, 0.5) is 0 Å². The van der Waals surface area contributed by atoms with Crippen LogP contribution >= 0.6 is 0 Å². The maximum atomic E-state index is 5.46. The molecular formula is C12H16N2O. The molecule has 0 saturated heterocycles. The smallest absolute Gasteiger partial charge is 0.117 e. The SMILES string of the molecule is Cc1ccc(CNCc2ccn(C)c2)o1. The van der Waals surface area contributed by atoms with E-state index in [4.69, 9.17) is 4.42 Å². The minimum absolute atomic E-state index is 0.780. The normalized spacial score (nSPS) is 10.8. The Bertz CT molecular complexity index is 388. The van der Waals surface area contributed by atoms with E-state index in [1.807, 2.05) is 36.9 Å². The van der Waals surface area contributed by atoms with Crippen molar-refractivity contribution in [3.05, 3.63) is 47.7 Å². The van der Waals surface area contributed by atoms with E-state index in [9.17, 15) is 0 Å². The fourth-order valence-corrected chi connectivity index (χ4v) is 1.58. The lowest BCUT2D eigenvalue weighted by Crippen LogP contribution is -2.11. The molecule has 2 aromatic rings. The number of nitrogens with zero attached hydrogens (tertiary/aromatic N) is 1. The molecule has 15 heavy (non-hydrogen) atoms. The molecule has 0 amide bonds. The van der Waals surface area contributed by atoms with E-state index in [0.29, 0.717) is 0 Å². The van der Waals surface area contributed by atoms with Crippen LogP contribution in [0.2, 0.25) is 0 Å². The maximum Gasteiger partial charge on any atom is 0.117 e. The zero-order valence-corrected chi connectivity index (χ0v) is 9.16. The predicted molar refractivity (Wildman–Crippen MR) is 59.4 cm³/mol. The lowest BCUT2D eigenvalue weighted by Gasteiger charge is -2.00. The first-order valence-corrected chi connectivity index (χ1v) is 5.11. The predicted octanol–water partition coefficient (Wildman–Crippen LogP) is 2.22. The first-order chi connectivity index (χ1) is 7.24. The molecule has 0 unspecified atom stereocenters. The number of hydrogen-bond donors (Lipinski definition) is 1. The maximum absolute atomic E-state index is 5.46. The monoisotopic (exact) mass is 204 g/mol. The van der Waals surface area contributed by atoms with Crippen LogP contribution in [0, 0.1) is 6.92 Å². The van der Waals surface area contributed by atoms with E-state index in [0.717, 1.165) is 24.6 Å². The third kappa shape index (κ3) is 2.73. The average molecular weight is 204 g/mol. The minimum Gasteiger partial charge on any atom is -0.465 e. The molecule has 2 heterocycles. The van der Waals surface area contributed by atoms with Crippen molar-refractivity contribution in [2.24, 2.45) is 7.05 Å². The van der Waals surface area contributed by atoms with Crippen molar-refractivity contribution >= 4 is 0 Å². The fraction of sp³-hybridized carbons (Fsp3) is 0.333. The van der Waals surface area contributed by atoms with Crippen LogP contribution in [0.5, 0.6) is 0 Å². The zero-order valence-electron chi connectivity index (χ0n) is 9.16. The highest BCUT2D eigenvalue weighted by atomic mass is 16.3. The second-order valence-electron chi connectivity index (χ2n) is 3.80. The molecule has 0 aliphatic heterocycles. The van der Waals surface area contributed by atoms with Gasteiger partial charge in [0.25, 0.3) is 0 Å². The van der Waals surface area contributed by atoms with Gasteiger partial charge in [-0.1, -0.05) is 0 Å². The lowest BCUT2D eigenvalue weighted by atomic mass is 10.3. The molecular weight excluding hydrogens is 188 g/mol. The van der Waals surface area contributed by atoms with Gasteiger partial charge in [-0.25, -0.2) is 0 Å². The van der Waals surface area contributed by atoms with Gasteiger partial charge in [-0.05, 0) is 30.7 Å². The molecule has 2 aromatic heterocycles. The zero-order chi connectivity index (χ0) is 10.7. The molecule has 0 spiro atoms. The molecule has 0 saturated carbocycles. The molecule has 2 rings (SSSR count). The summed E-state index contributed by atoms with van der Waals surface area (Å²) in [6.07, 6.45) is 4.16. The van der Waals surface area contributed by atoms with Crippen LogP contribution in [-0.4, -0.2) is 4.57 Å². The summed E-state index contributed by atoms with van der Waals surface area (Å²) in [7, 11) is 2.03. The number of hydrogen-bond acceptors (Lipinski definition) is 2. The molecule has 0 aliphatic carbocycles. The van der Waals surface area contributed by atoms with Crippen molar-refractivity contribution in [1.29, 1.82) is 0 Å². The van der Waals surface area contributed by atoms with E-state index in [-0.39, 0.29) is 0 Å². The molecule has 0 aromatic carbocycles. The minimum atomic E-state index is 0.780. The van der Waals surface area contributed by atoms with Gasteiger partial charge in [0.05, 0.1) is 6.54 Å². The summed E-state index contributed by atoms with van der Waals surface area (Å²) in [6.45, 7) is 3.62. The Balaban J connectivity index is 1.80. The van der Waals surface area contributed by atoms with E-state index in [1.54, 1.807) is 0 Å².